The summed E-state index contributed by atoms with van der Waals surface area (Å²) in [7, 11) is 1.69. The highest BCUT2D eigenvalue weighted by atomic mass is 35.5. The van der Waals surface area contributed by atoms with Crippen LogP contribution in [0.4, 0.5) is 0 Å². The Balaban J connectivity index is 1.99. The van der Waals surface area contributed by atoms with Crippen molar-refractivity contribution in [2.24, 2.45) is 0 Å². The van der Waals surface area contributed by atoms with Gasteiger partial charge >= 0.3 is 0 Å². The fourth-order valence-electron chi connectivity index (χ4n) is 1.94. The average molecular weight is 320 g/mol. The summed E-state index contributed by atoms with van der Waals surface area (Å²) in [6.07, 6.45) is 0.954. The van der Waals surface area contributed by atoms with E-state index in [4.69, 9.17) is 27.9 Å². The maximum Gasteiger partial charge on any atom is 0.251 e. The quantitative estimate of drug-likeness (QED) is 0.925. The van der Waals surface area contributed by atoms with Crippen molar-refractivity contribution in [2.45, 2.75) is 12.0 Å². The summed E-state index contributed by atoms with van der Waals surface area (Å²) in [4.78, 5) is 12.0. The molecule has 0 aliphatic carbocycles. The number of thioether (sulfide) groups is 1. The Kier molecular flexibility index (Phi) is 5.01. The molecule has 1 atom stereocenters. The van der Waals surface area contributed by atoms with E-state index >= 15 is 0 Å². The Bertz CT molecular complexity index is 476. The molecular weight excluding hydrogens is 305 g/mol. The highest BCUT2D eigenvalue weighted by Gasteiger charge is 2.34. The standard InChI is InChI=1S/C13H15Cl2NO2S/c1-18-13(4-5-19-8-13)7-16-12(17)9-2-3-10(14)11(15)6-9/h2-3,6H,4-5,7-8H2,1H3,(H,16,17)/t13-/m0/s1. The van der Waals surface area contributed by atoms with Crippen LogP contribution in [0.5, 0.6) is 0 Å². The molecule has 1 aliphatic rings. The number of hydrogen-bond donors (Lipinski definition) is 1. The SMILES string of the molecule is CO[C@]1(CNC(=O)c2ccc(Cl)c(Cl)c2)CCSC1. The van der Waals surface area contributed by atoms with Gasteiger partial charge in [0.15, 0.2) is 0 Å². The maximum absolute atomic E-state index is 12.0. The minimum atomic E-state index is -0.240. The lowest BCUT2D eigenvalue weighted by Gasteiger charge is -2.26. The van der Waals surface area contributed by atoms with Crippen molar-refractivity contribution in [1.29, 1.82) is 0 Å². The highest BCUT2D eigenvalue weighted by molar-refractivity contribution is 7.99. The van der Waals surface area contributed by atoms with Crippen LogP contribution >= 0.6 is 35.0 Å². The monoisotopic (exact) mass is 319 g/mol. The zero-order valence-electron chi connectivity index (χ0n) is 10.5. The lowest BCUT2D eigenvalue weighted by atomic mass is 10.0. The summed E-state index contributed by atoms with van der Waals surface area (Å²) in [5.74, 6) is 1.81. The van der Waals surface area contributed by atoms with Gasteiger partial charge in [-0.05, 0) is 30.4 Å². The van der Waals surface area contributed by atoms with E-state index in [1.807, 2.05) is 11.8 Å². The fourth-order valence-corrected chi connectivity index (χ4v) is 3.64. The molecule has 2 rings (SSSR count). The van der Waals surface area contributed by atoms with E-state index in [0.29, 0.717) is 22.2 Å². The first-order chi connectivity index (χ1) is 9.06. The molecule has 0 spiro atoms. The number of halogens is 2. The molecule has 0 saturated carbocycles. The van der Waals surface area contributed by atoms with Crippen LogP contribution in [-0.4, -0.2) is 36.7 Å². The van der Waals surface area contributed by atoms with Crippen LogP contribution in [0.15, 0.2) is 18.2 Å². The van der Waals surface area contributed by atoms with Crippen molar-refractivity contribution in [2.75, 3.05) is 25.2 Å². The van der Waals surface area contributed by atoms with Gasteiger partial charge in [-0.15, -0.1) is 0 Å². The smallest absolute Gasteiger partial charge is 0.251 e. The van der Waals surface area contributed by atoms with Crippen LogP contribution in [0.2, 0.25) is 10.0 Å². The van der Waals surface area contributed by atoms with Gasteiger partial charge in [0.1, 0.15) is 0 Å². The van der Waals surface area contributed by atoms with Gasteiger partial charge < -0.3 is 10.1 Å². The predicted molar refractivity (Wildman–Crippen MR) is 80.5 cm³/mol. The lowest BCUT2D eigenvalue weighted by molar-refractivity contribution is 0.0137. The molecule has 1 amide bonds. The van der Waals surface area contributed by atoms with Gasteiger partial charge in [0.25, 0.3) is 5.91 Å². The normalized spacial score (nSPS) is 22.5. The first kappa shape index (κ1) is 15.0. The molecule has 0 aromatic heterocycles. The van der Waals surface area contributed by atoms with Crippen molar-refractivity contribution in [3.63, 3.8) is 0 Å². The number of benzene rings is 1. The first-order valence-electron chi connectivity index (χ1n) is 5.92. The topological polar surface area (TPSA) is 38.3 Å². The van der Waals surface area contributed by atoms with E-state index in [0.717, 1.165) is 17.9 Å². The lowest BCUT2D eigenvalue weighted by Crippen LogP contribution is -2.44. The van der Waals surface area contributed by atoms with Gasteiger partial charge in [-0.25, -0.2) is 0 Å². The van der Waals surface area contributed by atoms with Crippen molar-refractivity contribution >= 4 is 40.9 Å². The zero-order chi connectivity index (χ0) is 13.9. The number of carbonyl (C=O) groups excluding carboxylic acids is 1. The number of carbonyl (C=O) groups is 1. The van der Waals surface area contributed by atoms with Gasteiger partial charge in [0, 0.05) is 25.0 Å². The van der Waals surface area contributed by atoms with Crippen LogP contribution in [-0.2, 0) is 4.74 Å². The van der Waals surface area contributed by atoms with Crippen LogP contribution in [0.3, 0.4) is 0 Å². The zero-order valence-corrected chi connectivity index (χ0v) is 12.9. The number of amides is 1. The van der Waals surface area contributed by atoms with Crippen LogP contribution in [0.25, 0.3) is 0 Å². The molecule has 1 saturated heterocycles. The largest absolute Gasteiger partial charge is 0.376 e. The molecule has 1 aliphatic heterocycles. The molecule has 3 nitrogen and oxygen atoms in total. The molecule has 1 N–H and O–H groups in total. The Morgan fingerprint density at radius 2 is 2.26 bits per heavy atom. The highest BCUT2D eigenvalue weighted by Crippen LogP contribution is 2.30. The van der Waals surface area contributed by atoms with Gasteiger partial charge in [-0.1, -0.05) is 23.2 Å². The van der Waals surface area contributed by atoms with E-state index < -0.39 is 0 Å². The minimum Gasteiger partial charge on any atom is -0.376 e. The first-order valence-corrected chi connectivity index (χ1v) is 7.83. The third-order valence-electron chi connectivity index (χ3n) is 3.25. The summed E-state index contributed by atoms with van der Waals surface area (Å²) in [5.41, 5.74) is 0.266. The second-order valence-corrected chi connectivity index (χ2v) is 6.42. The number of hydrogen-bond acceptors (Lipinski definition) is 3. The molecular formula is C13H15Cl2NO2S. The molecule has 1 aromatic rings. The van der Waals surface area contributed by atoms with Crippen molar-refractivity contribution < 1.29 is 9.53 Å². The van der Waals surface area contributed by atoms with E-state index in [2.05, 4.69) is 5.32 Å². The van der Waals surface area contributed by atoms with Crippen molar-refractivity contribution in [1.82, 2.24) is 5.32 Å². The van der Waals surface area contributed by atoms with E-state index in [9.17, 15) is 4.79 Å². The Hall–Kier alpha value is -0.420. The molecule has 1 aromatic carbocycles. The second kappa shape index (κ2) is 6.35. The fraction of sp³-hybridized carbons (Fsp3) is 0.462. The number of nitrogens with one attached hydrogen (secondary N) is 1. The van der Waals surface area contributed by atoms with Gasteiger partial charge in [0.05, 0.1) is 15.6 Å². The van der Waals surface area contributed by atoms with Crippen molar-refractivity contribution in [3.05, 3.63) is 33.8 Å². The third-order valence-corrected chi connectivity index (χ3v) is 5.22. The Morgan fingerprint density at radius 1 is 1.47 bits per heavy atom. The summed E-state index contributed by atoms with van der Waals surface area (Å²) < 4.78 is 5.55. The minimum absolute atomic E-state index is 0.160. The second-order valence-electron chi connectivity index (χ2n) is 4.50. The summed E-state index contributed by atoms with van der Waals surface area (Å²) >= 11 is 13.6. The predicted octanol–water partition coefficient (Wildman–Crippen LogP) is 3.25. The Morgan fingerprint density at radius 3 is 2.84 bits per heavy atom. The summed E-state index contributed by atoms with van der Waals surface area (Å²) in [6, 6.07) is 4.85. The summed E-state index contributed by atoms with van der Waals surface area (Å²) in [6.45, 7) is 0.510. The molecule has 1 heterocycles. The molecule has 0 unspecified atom stereocenters. The summed E-state index contributed by atoms with van der Waals surface area (Å²) in [5, 5.41) is 3.73. The molecule has 0 bridgehead atoms. The van der Waals surface area contributed by atoms with Crippen LogP contribution in [0.1, 0.15) is 16.8 Å². The van der Waals surface area contributed by atoms with Crippen LogP contribution < -0.4 is 5.32 Å². The number of rotatable bonds is 4. The van der Waals surface area contributed by atoms with Gasteiger partial charge in [0.2, 0.25) is 0 Å². The molecule has 1 fully saturated rings. The van der Waals surface area contributed by atoms with Crippen LogP contribution in [0, 0.1) is 0 Å². The molecule has 19 heavy (non-hydrogen) atoms. The molecule has 104 valence electrons. The number of methoxy groups -OCH3 is 1. The third kappa shape index (κ3) is 3.57. The van der Waals surface area contributed by atoms with E-state index in [1.54, 1.807) is 25.3 Å². The van der Waals surface area contributed by atoms with Gasteiger partial charge in [-0.2, -0.15) is 11.8 Å². The number of ether oxygens (including phenoxy) is 1. The Labute approximate surface area is 127 Å². The van der Waals surface area contributed by atoms with Crippen molar-refractivity contribution in [3.8, 4) is 0 Å². The average Bonchev–Trinajstić information content (AvgIpc) is 2.89. The molecule has 6 heteroatoms. The van der Waals surface area contributed by atoms with E-state index in [1.165, 1.54) is 0 Å². The van der Waals surface area contributed by atoms with E-state index in [-0.39, 0.29) is 11.5 Å². The van der Waals surface area contributed by atoms with Gasteiger partial charge in [-0.3, -0.25) is 4.79 Å². The molecule has 0 radical (unpaired) electrons. The maximum atomic E-state index is 12.0.